The molecule has 0 saturated carbocycles. The van der Waals surface area contributed by atoms with Crippen molar-refractivity contribution in [1.29, 1.82) is 5.26 Å². The molecule has 4 aromatic rings. The van der Waals surface area contributed by atoms with Crippen LogP contribution in [-0.2, 0) is 12.6 Å². The third-order valence-corrected chi connectivity index (χ3v) is 5.75. The van der Waals surface area contributed by atoms with Gasteiger partial charge in [-0.05, 0) is 30.0 Å². The molecule has 7 nitrogen and oxygen atoms in total. The molecule has 5 rings (SSSR count). The summed E-state index contributed by atoms with van der Waals surface area (Å²) >= 11 is 0. The molecule has 0 amide bonds. The van der Waals surface area contributed by atoms with Crippen LogP contribution in [0.25, 0.3) is 11.0 Å². The van der Waals surface area contributed by atoms with Crippen molar-refractivity contribution in [3.05, 3.63) is 71.7 Å². The van der Waals surface area contributed by atoms with Crippen molar-refractivity contribution < 1.29 is 18.2 Å². The molecule has 0 saturated heterocycles. The topological polar surface area (TPSA) is 96.8 Å². The average Bonchev–Trinajstić information content (AvgIpc) is 3.44. The molecular weight excluding hydrogens is 419 g/mol. The monoisotopic (exact) mass is 436 g/mol. The molecule has 1 aliphatic rings. The molecule has 3 aromatic heterocycles. The third kappa shape index (κ3) is 3.51. The third-order valence-electron chi connectivity index (χ3n) is 5.75. The van der Waals surface area contributed by atoms with Crippen LogP contribution in [-0.4, -0.2) is 25.7 Å². The fourth-order valence-electron chi connectivity index (χ4n) is 4.24. The van der Waals surface area contributed by atoms with Gasteiger partial charge in [0.1, 0.15) is 17.1 Å². The summed E-state index contributed by atoms with van der Waals surface area (Å²) in [5, 5.41) is 9.40. The van der Waals surface area contributed by atoms with E-state index < -0.39 is 11.9 Å². The van der Waals surface area contributed by atoms with E-state index >= 15 is 0 Å². The number of fused-ring (bicyclic) bond motifs is 2. The van der Waals surface area contributed by atoms with Crippen molar-refractivity contribution in [3.8, 4) is 6.07 Å². The van der Waals surface area contributed by atoms with Crippen LogP contribution in [0.3, 0.4) is 0 Å². The zero-order chi connectivity index (χ0) is 22.3. The van der Waals surface area contributed by atoms with Crippen LogP contribution in [0.1, 0.15) is 40.9 Å². The van der Waals surface area contributed by atoms with Crippen molar-refractivity contribution in [3.63, 3.8) is 0 Å². The van der Waals surface area contributed by atoms with E-state index in [9.17, 15) is 13.2 Å². The molecule has 160 valence electrons. The second-order valence-electron chi connectivity index (χ2n) is 7.62. The largest absolute Gasteiger partial charge is 0.431 e. The minimum absolute atomic E-state index is 0.0301. The number of hydrogen-bond donors (Lipinski definition) is 1. The molecule has 0 aliphatic heterocycles. The number of alkyl halides is 3. The van der Waals surface area contributed by atoms with Crippen LogP contribution in [0.5, 0.6) is 0 Å². The van der Waals surface area contributed by atoms with E-state index in [0.717, 1.165) is 24.5 Å². The lowest BCUT2D eigenvalue weighted by Gasteiger charge is -2.31. The molecule has 10 heteroatoms. The molecule has 0 fully saturated rings. The van der Waals surface area contributed by atoms with Crippen molar-refractivity contribution >= 4 is 23.1 Å². The Kier molecular flexibility index (Phi) is 4.74. The maximum atomic E-state index is 13.1. The number of hydrogen-bond acceptors (Lipinski definition) is 4. The molecule has 1 aromatic carbocycles. The Hall–Kier alpha value is -4.00. The number of benzene rings is 1. The minimum atomic E-state index is -4.50. The Morgan fingerprint density at radius 2 is 2.12 bits per heavy atom. The molecular formula is C22H17F3N7+. The first kappa shape index (κ1) is 19.9. The lowest BCUT2D eigenvalue weighted by Crippen LogP contribution is -2.24. The molecule has 2 N–H and O–H groups in total. The number of nitriles is 1. The van der Waals surface area contributed by atoms with Crippen LogP contribution < -0.4 is 4.98 Å². The van der Waals surface area contributed by atoms with Crippen LogP contribution in [0.2, 0.25) is 0 Å². The number of H-pyrrole nitrogens is 2. The number of aromatic amines is 2. The SMILES string of the molecule is N#Cc1cn([C@@H]2CCc3ccccc3C2/C=N\c2[nH+]cnc3[nH]c(C(F)(F)F)cc23)cn1. The van der Waals surface area contributed by atoms with Gasteiger partial charge in [-0.25, -0.2) is 9.97 Å². The second kappa shape index (κ2) is 7.60. The highest BCUT2D eigenvalue weighted by molar-refractivity contribution is 5.87. The molecule has 0 bridgehead atoms. The van der Waals surface area contributed by atoms with E-state index in [1.165, 1.54) is 11.9 Å². The van der Waals surface area contributed by atoms with Crippen molar-refractivity contribution in [1.82, 2.24) is 19.5 Å². The highest BCUT2D eigenvalue weighted by Crippen LogP contribution is 2.39. The standard InChI is InChI=1S/C22H16F3N7/c23-22(24,25)19-7-16-20(28-11-29-21(16)31-19)27-9-17-15-4-2-1-3-13(15)5-6-18(17)32-10-14(8-26)30-12-32/h1-4,7,9-12,17-18H,5-6H2,(H,28,29,31)/p+1/b27-9-/t17?,18-/m1/s1. The zero-order valence-electron chi connectivity index (χ0n) is 16.6. The summed E-state index contributed by atoms with van der Waals surface area (Å²) in [6, 6.07) is 11.1. The van der Waals surface area contributed by atoms with E-state index in [0.29, 0.717) is 5.69 Å². The van der Waals surface area contributed by atoms with Crippen molar-refractivity contribution in [2.45, 2.75) is 31.0 Å². The number of aliphatic imine (C=N–C) groups is 1. The summed E-state index contributed by atoms with van der Waals surface area (Å²) in [6.07, 6.45) is 3.58. The van der Waals surface area contributed by atoms with Gasteiger partial charge in [0.15, 0.2) is 5.69 Å². The number of nitrogens with one attached hydrogen (secondary N) is 2. The van der Waals surface area contributed by atoms with Gasteiger partial charge in [0.25, 0.3) is 5.82 Å². The first-order chi connectivity index (χ1) is 15.4. The first-order valence-electron chi connectivity index (χ1n) is 9.96. The summed E-state index contributed by atoms with van der Waals surface area (Å²) in [4.78, 5) is 17.8. The van der Waals surface area contributed by atoms with Gasteiger partial charge in [-0.2, -0.15) is 18.4 Å². The molecule has 32 heavy (non-hydrogen) atoms. The fraction of sp³-hybridized carbons (Fsp3) is 0.227. The normalized spacial score (nSPS) is 18.7. The number of aromatic nitrogens is 5. The number of rotatable bonds is 3. The van der Waals surface area contributed by atoms with Gasteiger partial charge in [0.2, 0.25) is 12.0 Å². The Balaban J connectivity index is 1.57. The summed E-state index contributed by atoms with van der Waals surface area (Å²) in [5.41, 5.74) is 1.85. The maximum absolute atomic E-state index is 13.1. The first-order valence-corrected chi connectivity index (χ1v) is 9.96. The highest BCUT2D eigenvalue weighted by Gasteiger charge is 2.34. The maximum Gasteiger partial charge on any atom is 0.431 e. The molecule has 3 heterocycles. The summed E-state index contributed by atoms with van der Waals surface area (Å²) in [7, 11) is 0. The van der Waals surface area contributed by atoms with Gasteiger partial charge in [0, 0.05) is 12.2 Å². The quantitative estimate of drug-likeness (QED) is 0.489. The number of aryl methyl sites for hydroxylation is 1. The lowest BCUT2D eigenvalue weighted by atomic mass is 9.79. The Labute approximate surface area is 180 Å². The van der Waals surface area contributed by atoms with Crippen molar-refractivity contribution in [2.75, 3.05) is 0 Å². The average molecular weight is 436 g/mol. The zero-order valence-corrected chi connectivity index (χ0v) is 16.6. The predicted molar refractivity (Wildman–Crippen MR) is 109 cm³/mol. The Bertz CT molecular complexity index is 1360. The summed E-state index contributed by atoms with van der Waals surface area (Å²) < 4.78 is 41.3. The van der Waals surface area contributed by atoms with Gasteiger partial charge in [-0.1, -0.05) is 29.2 Å². The van der Waals surface area contributed by atoms with Gasteiger partial charge in [0.05, 0.1) is 18.5 Å². The van der Waals surface area contributed by atoms with E-state index in [1.807, 2.05) is 28.8 Å². The van der Waals surface area contributed by atoms with Gasteiger partial charge >= 0.3 is 6.18 Å². The van der Waals surface area contributed by atoms with Gasteiger partial charge < -0.3 is 9.55 Å². The van der Waals surface area contributed by atoms with Crippen LogP contribution in [0.15, 0.2) is 54.2 Å². The molecule has 0 spiro atoms. The second-order valence-corrected chi connectivity index (χ2v) is 7.62. The Morgan fingerprint density at radius 3 is 2.91 bits per heavy atom. The molecule has 1 aliphatic carbocycles. The van der Waals surface area contributed by atoms with E-state index in [-0.39, 0.29) is 28.8 Å². The minimum Gasteiger partial charge on any atom is -0.332 e. The van der Waals surface area contributed by atoms with E-state index in [4.69, 9.17) is 5.26 Å². The Morgan fingerprint density at radius 1 is 1.28 bits per heavy atom. The van der Waals surface area contributed by atoms with Gasteiger partial charge in [-0.3, -0.25) is 0 Å². The predicted octanol–water partition coefficient (Wildman–Crippen LogP) is 4.14. The summed E-state index contributed by atoms with van der Waals surface area (Å²) in [6.45, 7) is 0. The van der Waals surface area contributed by atoms with Crippen molar-refractivity contribution in [2.24, 2.45) is 4.99 Å². The molecule has 0 radical (unpaired) electrons. The van der Waals surface area contributed by atoms with Crippen LogP contribution >= 0.6 is 0 Å². The smallest absolute Gasteiger partial charge is 0.332 e. The number of imidazole rings is 1. The molecule has 2 atom stereocenters. The van der Waals surface area contributed by atoms with E-state index in [1.54, 1.807) is 18.7 Å². The highest BCUT2D eigenvalue weighted by atomic mass is 19.4. The fourth-order valence-corrected chi connectivity index (χ4v) is 4.24. The van der Waals surface area contributed by atoms with Crippen LogP contribution in [0, 0.1) is 11.3 Å². The van der Waals surface area contributed by atoms with Crippen LogP contribution in [0.4, 0.5) is 19.0 Å². The number of halogens is 3. The van der Waals surface area contributed by atoms with Gasteiger partial charge in [-0.15, -0.1) is 4.99 Å². The summed E-state index contributed by atoms with van der Waals surface area (Å²) in [5.74, 6) is 0.130. The molecule has 1 unspecified atom stereocenters. The van der Waals surface area contributed by atoms with E-state index in [2.05, 4.69) is 31.0 Å². The number of nitrogens with zero attached hydrogens (tertiary/aromatic N) is 5. The lowest BCUT2D eigenvalue weighted by molar-refractivity contribution is -0.365.